The number of halogens is 3. The van der Waals surface area contributed by atoms with E-state index in [-0.39, 0.29) is 11.2 Å². The predicted octanol–water partition coefficient (Wildman–Crippen LogP) is 8.52. The zero-order chi connectivity index (χ0) is 35.2. The molecule has 0 radical (unpaired) electrons. The Hall–Kier alpha value is -3.63. The third-order valence-corrected chi connectivity index (χ3v) is 9.56. The van der Waals surface area contributed by atoms with Crippen LogP contribution >= 0.6 is 0 Å². The first-order chi connectivity index (χ1) is 22.4. The highest BCUT2D eigenvalue weighted by Gasteiger charge is 2.37. The maximum Gasteiger partial charge on any atom is 0.416 e. The largest absolute Gasteiger partial charge is 0.496 e. The SMILES string of the molecule is COc1cc(C(F)(F)F)ccc1CN1CCc2cc(-c3c(C)nc(C)c(C(OC(C)(C)C)C(=O)O)c3N3CCC(C)(C)CC3)ccc2C1. The Morgan fingerprint density at radius 2 is 1.69 bits per heavy atom. The van der Waals surface area contributed by atoms with Crippen molar-refractivity contribution < 1.29 is 32.5 Å². The van der Waals surface area contributed by atoms with Crippen molar-refractivity contribution in [2.75, 3.05) is 31.6 Å². The molecule has 10 heteroatoms. The molecule has 0 bridgehead atoms. The highest BCUT2D eigenvalue weighted by atomic mass is 19.4. The van der Waals surface area contributed by atoms with Crippen LogP contribution in [0.3, 0.4) is 0 Å². The minimum atomic E-state index is -4.43. The van der Waals surface area contributed by atoms with Gasteiger partial charge in [0.25, 0.3) is 0 Å². The summed E-state index contributed by atoms with van der Waals surface area (Å²) in [4.78, 5) is 22.3. The van der Waals surface area contributed by atoms with Gasteiger partial charge in [0.15, 0.2) is 6.10 Å². The van der Waals surface area contributed by atoms with Gasteiger partial charge in [-0.1, -0.05) is 38.1 Å². The number of carbonyl (C=O) groups is 1. The van der Waals surface area contributed by atoms with Crippen LogP contribution in [-0.4, -0.2) is 53.3 Å². The van der Waals surface area contributed by atoms with E-state index in [9.17, 15) is 23.1 Å². The standard InChI is InChI=1S/C38H48F3N3O4/c1-23-31(33(44-17-14-37(6,7)15-18-44)32(24(2)42-23)34(35(45)46)48-36(3,4)5)26-9-10-27-21-43(16-13-25(27)19-26)22-28-11-12-29(38(39,40)41)20-30(28)47-8/h9-12,19-20,34H,13-18,21-22H2,1-8H3,(H,45,46). The van der Waals surface area contributed by atoms with E-state index in [0.29, 0.717) is 29.9 Å². The molecule has 260 valence electrons. The zero-order valence-corrected chi connectivity index (χ0v) is 29.3. The summed E-state index contributed by atoms with van der Waals surface area (Å²) < 4.78 is 51.4. The number of pyridine rings is 1. The molecular formula is C38H48F3N3O4. The third kappa shape index (κ3) is 7.81. The van der Waals surface area contributed by atoms with Crippen molar-refractivity contribution in [3.63, 3.8) is 0 Å². The van der Waals surface area contributed by atoms with Crippen LogP contribution in [0, 0.1) is 19.3 Å². The van der Waals surface area contributed by atoms with E-state index in [4.69, 9.17) is 14.5 Å². The molecule has 2 aliphatic rings. The number of aliphatic carboxylic acids is 1. The van der Waals surface area contributed by atoms with E-state index >= 15 is 0 Å². The number of nitrogens with zero attached hydrogens (tertiary/aromatic N) is 3. The number of piperidine rings is 1. The average molecular weight is 668 g/mol. The molecule has 0 amide bonds. The Bertz CT molecular complexity index is 1670. The van der Waals surface area contributed by atoms with Crippen molar-refractivity contribution in [3.05, 3.63) is 75.6 Å². The van der Waals surface area contributed by atoms with Crippen molar-refractivity contribution in [1.29, 1.82) is 0 Å². The molecule has 1 fully saturated rings. The molecule has 1 N–H and O–H groups in total. The van der Waals surface area contributed by atoms with Crippen LogP contribution in [0.1, 0.15) is 92.8 Å². The minimum absolute atomic E-state index is 0.199. The molecule has 2 aromatic carbocycles. The second kappa shape index (κ2) is 13.3. The molecule has 1 aromatic heterocycles. The number of aryl methyl sites for hydroxylation is 2. The molecule has 3 heterocycles. The maximum atomic E-state index is 13.3. The lowest BCUT2D eigenvalue weighted by Crippen LogP contribution is -2.39. The van der Waals surface area contributed by atoms with E-state index in [1.165, 1.54) is 18.7 Å². The first-order valence-corrected chi connectivity index (χ1v) is 16.6. The maximum absolute atomic E-state index is 13.3. The Labute approximate surface area is 282 Å². The number of ether oxygens (including phenoxy) is 2. The fourth-order valence-corrected chi connectivity index (χ4v) is 6.95. The van der Waals surface area contributed by atoms with Crippen molar-refractivity contribution in [1.82, 2.24) is 9.88 Å². The van der Waals surface area contributed by atoms with Gasteiger partial charge in [-0.15, -0.1) is 0 Å². The number of alkyl halides is 3. The molecule has 2 aliphatic heterocycles. The average Bonchev–Trinajstić information content (AvgIpc) is 2.99. The van der Waals surface area contributed by atoms with E-state index in [1.807, 2.05) is 34.6 Å². The smallest absolute Gasteiger partial charge is 0.416 e. The number of anilines is 1. The van der Waals surface area contributed by atoms with E-state index in [1.54, 1.807) is 0 Å². The molecule has 0 aliphatic carbocycles. The van der Waals surface area contributed by atoms with Gasteiger partial charge in [-0.3, -0.25) is 9.88 Å². The van der Waals surface area contributed by atoms with E-state index in [0.717, 1.165) is 79.1 Å². The lowest BCUT2D eigenvalue weighted by atomic mass is 9.81. The molecule has 1 atom stereocenters. The number of aromatic nitrogens is 1. The van der Waals surface area contributed by atoms with Gasteiger partial charge in [0.2, 0.25) is 0 Å². The molecule has 0 saturated carbocycles. The third-order valence-electron chi connectivity index (χ3n) is 9.56. The Morgan fingerprint density at radius 1 is 1.00 bits per heavy atom. The van der Waals surface area contributed by atoms with Crippen LogP contribution in [0.2, 0.25) is 0 Å². The van der Waals surface area contributed by atoms with Crippen LogP contribution in [-0.2, 0) is 35.2 Å². The van der Waals surface area contributed by atoms with E-state index < -0.39 is 29.4 Å². The number of fused-ring (bicyclic) bond motifs is 1. The summed E-state index contributed by atoms with van der Waals surface area (Å²) in [6.07, 6.45) is -2.90. The molecular weight excluding hydrogens is 619 g/mol. The quantitative estimate of drug-likeness (QED) is 0.258. The number of methoxy groups -OCH3 is 1. The van der Waals surface area contributed by atoms with Gasteiger partial charge in [-0.25, -0.2) is 4.79 Å². The van der Waals surface area contributed by atoms with Crippen LogP contribution < -0.4 is 9.64 Å². The second-order valence-electron chi connectivity index (χ2n) is 15.0. The number of hydrogen-bond acceptors (Lipinski definition) is 6. The molecule has 7 nitrogen and oxygen atoms in total. The van der Waals surface area contributed by atoms with E-state index in [2.05, 4.69) is 41.8 Å². The fourth-order valence-electron chi connectivity index (χ4n) is 6.95. The van der Waals surface area contributed by atoms with Crippen molar-refractivity contribution >= 4 is 11.7 Å². The topological polar surface area (TPSA) is 75.1 Å². The highest BCUT2D eigenvalue weighted by molar-refractivity contribution is 5.88. The molecule has 48 heavy (non-hydrogen) atoms. The van der Waals surface area contributed by atoms with Gasteiger partial charge >= 0.3 is 12.1 Å². The highest BCUT2D eigenvalue weighted by Crippen LogP contribution is 2.45. The molecule has 0 spiro atoms. The molecule has 1 saturated heterocycles. The number of rotatable bonds is 8. The Kier molecular flexibility index (Phi) is 9.92. The number of benzene rings is 2. The van der Waals surface area contributed by atoms with Crippen LogP contribution in [0.4, 0.5) is 18.9 Å². The minimum Gasteiger partial charge on any atom is -0.496 e. The van der Waals surface area contributed by atoms with Crippen LogP contribution in [0.15, 0.2) is 36.4 Å². The van der Waals surface area contributed by atoms with Crippen molar-refractivity contribution in [2.45, 2.75) is 98.7 Å². The summed E-state index contributed by atoms with van der Waals surface area (Å²) in [5, 5.41) is 10.5. The van der Waals surface area contributed by atoms with Gasteiger partial charge in [-0.2, -0.15) is 13.2 Å². The second-order valence-corrected chi connectivity index (χ2v) is 15.0. The first kappa shape index (κ1) is 35.7. The normalized spacial score (nSPS) is 17.6. The first-order valence-electron chi connectivity index (χ1n) is 16.6. The lowest BCUT2D eigenvalue weighted by Gasteiger charge is -2.41. The number of carboxylic acids is 1. The number of hydrogen-bond donors (Lipinski definition) is 1. The summed E-state index contributed by atoms with van der Waals surface area (Å²) in [6, 6.07) is 10.1. The summed E-state index contributed by atoms with van der Waals surface area (Å²) >= 11 is 0. The summed E-state index contributed by atoms with van der Waals surface area (Å²) in [5.41, 5.74) is 6.72. The van der Waals surface area contributed by atoms with Crippen molar-refractivity contribution in [3.8, 4) is 16.9 Å². The van der Waals surface area contributed by atoms with Gasteiger partial charge in [0, 0.05) is 60.8 Å². The zero-order valence-electron chi connectivity index (χ0n) is 29.3. The Balaban J connectivity index is 1.52. The van der Waals surface area contributed by atoms with Gasteiger partial charge in [0.1, 0.15) is 5.75 Å². The molecule has 3 aromatic rings. The van der Waals surface area contributed by atoms with Crippen LogP contribution in [0.25, 0.3) is 11.1 Å². The summed E-state index contributed by atoms with van der Waals surface area (Å²) in [6.45, 7) is 17.4. The van der Waals surface area contributed by atoms with Gasteiger partial charge in [0.05, 0.1) is 24.0 Å². The summed E-state index contributed by atoms with van der Waals surface area (Å²) in [7, 11) is 1.40. The monoisotopic (exact) mass is 667 g/mol. The summed E-state index contributed by atoms with van der Waals surface area (Å²) in [5.74, 6) is -0.814. The number of carboxylic acid groups (broad SMARTS) is 1. The molecule has 1 unspecified atom stereocenters. The predicted molar refractivity (Wildman–Crippen MR) is 181 cm³/mol. The fraction of sp³-hybridized carbons (Fsp3) is 0.526. The Morgan fingerprint density at radius 3 is 2.29 bits per heavy atom. The van der Waals surface area contributed by atoms with Crippen LogP contribution in [0.5, 0.6) is 5.75 Å². The molecule has 5 rings (SSSR count). The van der Waals surface area contributed by atoms with Gasteiger partial charge < -0.3 is 19.5 Å². The lowest BCUT2D eigenvalue weighted by molar-refractivity contribution is -0.160. The van der Waals surface area contributed by atoms with Gasteiger partial charge in [-0.05, 0) is 88.1 Å². The van der Waals surface area contributed by atoms with Crippen molar-refractivity contribution in [2.24, 2.45) is 5.41 Å².